The van der Waals surface area contributed by atoms with Gasteiger partial charge in [-0.05, 0) is 80.6 Å². The third-order valence-corrected chi connectivity index (χ3v) is 12.4. The molecule has 3 heterocycles. The summed E-state index contributed by atoms with van der Waals surface area (Å²) >= 11 is 1.83. The molecule has 7 rings (SSSR count). The van der Waals surface area contributed by atoms with Gasteiger partial charge in [-0.2, -0.15) is 0 Å². The highest BCUT2D eigenvalue weighted by Gasteiger charge is 2.61. The number of fused-ring (bicyclic) bond motifs is 6. The van der Waals surface area contributed by atoms with Gasteiger partial charge in [-0.1, -0.05) is 25.7 Å². The minimum Gasteiger partial charge on any atom is -0.301 e. The second-order valence-corrected chi connectivity index (χ2v) is 13.8. The van der Waals surface area contributed by atoms with Crippen molar-refractivity contribution in [3.63, 3.8) is 0 Å². The summed E-state index contributed by atoms with van der Waals surface area (Å²) in [6.07, 6.45) is 16.0. The van der Waals surface area contributed by atoms with E-state index in [0.717, 1.165) is 39.1 Å². The predicted molar refractivity (Wildman–Crippen MR) is 139 cm³/mol. The van der Waals surface area contributed by atoms with E-state index in [4.69, 9.17) is 0 Å². The van der Waals surface area contributed by atoms with Gasteiger partial charge in [-0.3, -0.25) is 19.4 Å². The number of carbonyl (C=O) groups excluding carboxylic acids is 2. The fourth-order valence-corrected chi connectivity index (χ4v) is 10.6. The predicted octanol–water partition coefficient (Wildman–Crippen LogP) is 3.86. The first-order valence-electron chi connectivity index (χ1n) is 14.7. The van der Waals surface area contributed by atoms with E-state index in [1.54, 1.807) is 4.90 Å². The standard InChI is InChI=1S/C28H42N4O2S/c33-26-24-19-8-9-20(15-19)25(24)27(34)32(26)17-22-6-2-1-5-21(22)16-30-11-13-31(14-12-30)28-10-4-3-7-23(28)35-29-18-28/h18-25H,1-17H2/t19-,20+,21-,22-,23?,24-,25+,28?/m0/s1. The first kappa shape index (κ1) is 23.2. The number of piperazine rings is 1. The van der Waals surface area contributed by atoms with E-state index in [1.165, 1.54) is 64.2 Å². The van der Waals surface area contributed by atoms with Crippen molar-refractivity contribution in [3.05, 3.63) is 0 Å². The maximum absolute atomic E-state index is 13.3. The molecule has 0 aromatic carbocycles. The molecule has 0 aromatic heterocycles. The summed E-state index contributed by atoms with van der Waals surface area (Å²) < 4.78 is 4.67. The summed E-state index contributed by atoms with van der Waals surface area (Å²) in [5.41, 5.74) is 0.219. The third kappa shape index (κ3) is 3.77. The Balaban J connectivity index is 0.975. The van der Waals surface area contributed by atoms with Crippen LogP contribution in [-0.4, -0.2) is 82.8 Å². The zero-order valence-corrected chi connectivity index (χ0v) is 22.0. The van der Waals surface area contributed by atoms with Crippen LogP contribution >= 0.6 is 11.9 Å². The zero-order chi connectivity index (χ0) is 23.6. The second kappa shape index (κ2) is 9.13. The van der Waals surface area contributed by atoms with E-state index >= 15 is 0 Å². The molecule has 6 nitrogen and oxygen atoms in total. The lowest BCUT2D eigenvalue weighted by Gasteiger charge is -2.49. The van der Waals surface area contributed by atoms with Crippen molar-refractivity contribution in [2.24, 2.45) is 39.9 Å². The van der Waals surface area contributed by atoms with Crippen LogP contribution in [0.1, 0.15) is 70.6 Å². The molecule has 2 saturated heterocycles. The molecule has 0 radical (unpaired) electrons. The quantitative estimate of drug-likeness (QED) is 0.426. The fourth-order valence-electron chi connectivity index (χ4n) is 9.41. The van der Waals surface area contributed by atoms with Crippen molar-refractivity contribution in [3.8, 4) is 0 Å². The van der Waals surface area contributed by atoms with E-state index in [9.17, 15) is 9.59 Å². The molecule has 2 unspecified atom stereocenters. The average Bonchev–Trinajstić information content (AvgIpc) is 3.66. The zero-order valence-electron chi connectivity index (χ0n) is 21.2. The van der Waals surface area contributed by atoms with Gasteiger partial charge in [0, 0.05) is 45.5 Å². The van der Waals surface area contributed by atoms with Gasteiger partial charge in [0.2, 0.25) is 11.8 Å². The minimum absolute atomic E-state index is 0.0386. The van der Waals surface area contributed by atoms with E-state index in [0.29, 0.717) is 35.5 Å². The molecule has 3 aliphatic heterocycles. The van der Waals surface area contributed by atoms with Crippen LogP contribution in [0.5, 0.6) is 0 Å². The van der Waals surface area contributed by atoms with Crippen molar-refractivity contribution in [2.45, 2.75) is 81.4 Å². The molecule has 4 aliphatic carbocycles. The van der Waals surface area contributed by atoms with Crippen molar-refractivity contribution in [1.82, 2.24) is 14.7 Å². The molecule has 35 heavy (non-hydrogen) atoms. The fraction of sp³-hybridized carbons (Fsp3) is 0.893. The summed E-state index contributed by atoms with van der Waals surface area (Å²) in [7, 11) is 0. The van der Waals surface area contributed by atoms with Gasteiger partial charge < -0.3 is 4.90 Å². The number of amides is 2. The number of rotatable bonds is 5. The number of nitrogens with zero attached hydrogens (tertiary/aromatic N) is 4. The van der Waals surface area contributed by atoms with Gasteiger partial charge in [0.05, 0.1) is 22.6 Å². The topological polar surface area (TPSA) is 56.2 Å². The van der Waals surface area contributed by atoms with Crippen LogP contribution in [0.4, 0.5) is 0 Å². The molecule has 0 spiro atoms. The van der Waals surface area contributed by atoms with E-state index in [1.807, 2.05) is 11.9 Å². The van der Waals surface area contributed by atoms with Gasteiger partial charge in [0.25, 0.3) is 0 Å². The van der Waals surface area contributed by atoms with Gasteiger partial charge >= 0.3 is 0 Å². The lowest BCUT2D eigenvalue weighted by Crippen LogP contribution is -2.62. The molecular formula is C28H42N4O2S. The SMILES string of the molecule is O=C1[C@@H]2[C@@H]3CC[C@@H](C3)[C@@H]2C(=O)N1C[C@@H]1CCCC[C@H]1CN1CCN(C23C=NSC2CCCC3)CC1. The molecule has 2 bridgehead atoms. The van der Waals surface area contributed by atoms with Gasteiger partial charge in [0.15, 0.2) is 0 Å². The van der Waals surface area contributed by atoms with Crippen LogP contribution in [0.2, 0.25) is 0 Å². The largest absolute Gasteiger partial charge is 0.301 e. The normalized spacial score (nSPS) is 45.9. The van der Waals surface area contributed by atoms with Crippen molar-refractivity contribution < 1.29 is 9.59 Å². The summed E-state index contributed by atoms with van der Waals surface area (Å²) in [6.45, 7) is 6.43. The van der Waals surface area contributed by atoms with Crippen LogP contribution in [-0.2, 0) is 9.59 Å². The molecule has 0 aromatic rings. The van der Waals surface area contributed by atoms with Crippen molar-refractivity contribution >= 4 is 30.0 Å². The monoisotopic (exact) mass is 498 g/mol. The lowest BCUT2D eigenvalue weighted by atomic mass is 9.78. The maximum atomic E-state index is 13.3. The smallest absolute Gasteiger partial charge is 0.233 e. The molecule has 6 fully saturated rings. The Morgan fingerprint density at radius 3 is 2.20 bits per heavy atom. The summed E-state index contributed by atoms with van der Waals surface area (Å²) in [6, 6.07) is 0. The van der Waals surface area contributed by atoms with Crippen LogP contribution in [0, 0.1) is 35.5 Å². The van der Waals surface area contributed by atoms with Crippen LogP contribution in [0.25, 0.3) is 0 Å². The molecule has 0 N–H and O–H groups in total. The highest BCUT2D eigenvalue weighted by Crippen LogP contribution is 2.56. The van der Waals surface area contributed by atoms with Crippen LogP contribution in [0.15, 0.2) is 4.40 Å². The minimum atomic E-state index is 0.0386. The van der Waals surface area contributed by atoms with Crippen molar-refractivity contribution in [2.75, 3.05) is 39.3 Å². The first-order valence-corrected chi connectivity index (χ1v) is 15.5. The second-order valence-electron chi connectivity index (χ2n) is 12.8. The number of likely N-dealkylation sites (tertiary alicyclic amines) is 1. The Kier molecular flexibility index (Phi) is 6.05. The summed E-state index contributed by atoms with van der Waals surface area (Å²) in [5.74, 6) is 2.58. The first-order chi connectivity index (χ1) is 17.1. The van der Waals surface area contributed by atoms with Crippen LogP contribution < -0.4 is 0 Å². The Morgan fingerprint density at radius 1 is 0.829 bits per heavy atom. The highest BCUT2D eigenvalue weighted by molar-refractivity contribution is 7.99. The van der Waals surface area contributed by atoms with E-state index in [-0.39, 0.29) is 29.2 Å². The number of carbonyl (C=O) groups is 2. The summed E-state index contributed by atoms with van der Waals surface area (Å²) in [4.78, 5) is 33.8. The summed E-state index contributed by atoms with van der Waals surface area (Å²) in [5, 5.41) is 0.663. The molecule has 7 aliphatic rings. The van der Waals surface area contributed by atoms with Crippen LogP contribution in [0.3, 0.4) is 0 Å². The number of hydrogen-bond donors (Lipinski definition) is 0. The highest BCUT2D eigenvalue weighted by atomic mass is 32.2. The molecule has 8 atom stereocenters. The lowest BCUT2D eigenvalue weighted by molar-refractivity contribution is -0.142. The average molecular weight is 499 g/mol. The Morgan fingerprint density at radius 2 is 1.49 bits per heavy atom. The maximum Gasteiger partial charge on any atom is 0.233 e. The number of hydrogen-bond acceptors (Lipinski definition) is 6. The number of imide groups is 1. The molecule has 192 valence electrons. The Bertz CT molecular complexity index is 860. The molecule has 2 amide bonds. The van der Waals surface area contributed by atoms with Gasteiger partial charge in [-0.25, -0.2) is 4.40 Å². The van der Waals surface area contributed by atoms with Crippen molar-refractivity contribution in [1.29, 1.82) is 0 Å². The van der Waals surface area contributed by atoms with E-state index < -0.39 is 0 Å². The van der Waals surface area contributed by atoms with E-state index in [2.05, 4.69) is 20.4 Å². The van der Waals surface area contributed by atoms with Gasteiger partial charge in [0.1, 0.15) is 0 Å². The Labute approximate surface area is 214 Å². The third-order valence-electron chi connectivity index (χ3n) is 11.3. The van der Waals surface area contributed by atoms with Gasteiger partial charge in [-0.15, -0.1) is 0 Å². The molecule has 7 heteroatoms. The Hall–Kier alpha value is -0.920. The molecular weight excluding hydrogens is 456 g/mol. The molecule has 4 saturated carbocycles.